The Kier molecular flexibility index (Phi) is 4.51. The van der Waals surface area contributed by atoms with Gasteiger partial charge in [-0.25, -0.2) is 4.98 Å². The Labute approximate surface area is 159 Å². The number of aliphatic hydroxyl groups is 1. The van der Waals surface area contributed by atoms with Crippen molar-refractivity contribution in [3.8, 4) is 28.1 Å². The molecular weight excluding hydrogens is 334 g/mol. The molecule has 0 bridgehead atoms. The highest BCUT2D eigenvalue weighted by Crippen LogP contribution is 2.34. The Morgan fingerprint density at radius 3 is 2.33 bits per heavy atom. The first-order chi connectivity index (χ1) is 13.1. The maximum Gasteiger partial charge on any atom is 0.124 e. The van der Waals surface area contributed by atoms with Crippen molar-refractivity contribution in [3.05, 3.63) is 89.8 Å². The maximum absolute atomic E-state index is 10.4. The van der Waals surface area contributed by atoms with Crippen LogP contribution in [0.1, 0.15) is 24.1 Å². The number of phenols is 1. The van der Waals surface area contributed by atoms with Gasteiger partial charge in [-0.1, -0.05) is 54.1 Å². The molecule has 2 aromatic carbocycles. The number of aromatic nitrogens is 1. The van der Waals surface area contributed by atoms with Crippen LogP contribution in [0.25, 0.3) is 28.0 Å². The summed E-state index contributed by atoms with van der Waals surface area (Å²) in [5.41, 5.74) is 6.07. The van der Waals surface area contributed by atoms with Crippen molar-refractivity contribution in [3.63, 3.8) is 0 Å². The molecule has 0 spiro atoms. The fourth-order valence-electron chi connectivity index (χ4n) is 3.29. The molecule has 1 aliphatic carbocycles. The standard InChI is InChI=1S/C24H21NO2/c1-16-10-12-17(13-11-16)18-14-21(19-6-2-4-8-23(19)26)25-22(15-18)20-7-3-5-9-24(20)27/h2-4,6-8,10-15,26-27H,5,9H2,1H3. The number of pyridine rings is 1. The number of allylic oxidation sites excluding steroid dienone is 4. The fraction of sp³-hybridized carbons (Fsp3) is 0.125. The molecule has 1 heterocycles. The Hall–Kier alpha value is -3.33. The van der Waals surface area contributed by atoms with Crippen molar-refractivity contribution in [1.29, 1.82) is 0 Å². The van der Waals surface area contributed by atoms with Gasteiger partial charge in [0.1, 0.15) is 11.5 Å². The number of aryl methyl sites for hydroxylation is 1. The lowest BCUT2D eigenvalue weighted by Gasteiger charge is -2.14. The van der Waals surface area contributed by atoms with E-state index in [1.807, 2.05) is 30.3 Å². The Balaban J connectivity index is 1.93. The predicted octanol–water partition coefficient (Wildman–Crippen LogP) is 6.05. The maximum atomic E-state index is 10.4. The van der Waals surface area contributed by atoms with Crippen molar-refractivity contribution >= 4 is 5.57 Å². The van der Waals surface area contributed by atoms with E-state index in [4.69, 9.17) is 4.98 Å². The van der Waals surface area contributed by atoms with Gasteiger partial charge >= 0.3 is 0 Å². The van der Waals surface area contributed by atoms with Gasteiger partial charge in [0.2, 0.25) is 0 Å². The third kappa shape index (κ3) is 3.49. The van der Waals surface area contributed by atoms with Crippen molar-refractivity contribution in [2.24, 2.45) is 0 Å². The van der Waals surface area contributed by atoms with Gasteiger partial charge in [-0.15, -0.1) is 0 Å². The minimum atomic E-state index is 0.189. The second-order valence-electron chi connectivity index (χ2n) is 6.81. The molecule has 0 amide bonds. The van der Waals surface area contributed by atoms with E-state index in [0.717, 1.165) is 23.1 Å². The number of benzene rings is 2. The van der Waals surface area contributed by atoms with Gasteiger partial charge in [-0.05, 0) is 48.7 Å². The fourth-order valence-corrected chi connectivity index (χ4v) is 3.29. The van der Waals surface area contributed by atoms with E-state index in [1.54, 1.807) is 12.1 Å². The van der Waals surface area contributed by atoms with E-state index in [0.29, 0.717) is 29.1 Å². The molecule has 134 valence electrons. The van der Waals surface area contributed by atoms with E-state index >= 15 is 0 Å². The number of aliphatic hydroxyl groups excluding tert-OH is 1. The summed E-state index contributed by atoms with van der Waals surface area (Å²) in [6, 6.07) is 19.5. The van der Waals surface area contributed by atoms with Crippen LogP contribution in [0.3, 0.4) is 0 Å². The van der Waals surface area contributed by atoms with Crippen LogP contribution in [-0.2, 0) is 0 Å². The van der Waals surface area contributed by atoms with Crippen LogP contribution in [-0.4, -0.2) is 15.2 Å². The lowest BCUT2D eigenvalue weighted by Crippen LogP contribution is -1.99. The average molecular weight is 355 g/mol. The second-order valence-corrected chi connectivity index (χ2v) is 6.81. The summed E-state index contributed by atoms with van der Waals surface area (Å²) in [6.07, 6.45) is 5.43. The van der Waals surface area contributed by atoms with Crippen LogP contribution in [0.4, 0.5) is 0 Å². The van der Waals surface area contributed by atoms with Crippen LogP contribution < -0.4 is 0 Å². The molecular formula is C24H21NO2. The molecule has 1 aliphatic rings. The number of hydrogen-bond acceptors (Lipinski definition) is 3. The molecule has 27 heavy (non-hydrogen) atoms. The third-order valence-corrected chi connectivity index (χ3v) is 4.81. The van der Waals surface area contributed by atoms with Gasteiger partial charge in [-0.2, -0.15) is 0 Å². The smallest absolute Gasteiger partial charge is 0.124 e. The number of phenolic OH excluding ortho intramolecular Hbond substituents is 1. The molecule has 1 aromatic heterocycles. The largest absolute Gasteiger partial charge is 0.512 e. The number of para-hydroxylation sites is 1. The Morgan fingerprint density at radius 2 is 1.59 bits per heavy atom. The highest BCUT2D eigenvalue weighted by atomic mass is 16.3. The number of nitrogens with zero attached hydrogens (tertiary/aromatic N) is 1. The normalized spacial score (nSPS) is 13.8. The molecule has 0 saturated carbocycles. The first-order valence-electron chi connectivity index (χ1n) is 9.08. The predicted molar refractivity (Wildman–Crippen MR) is 109 cm³/mol. The quantitative estimate of drug-likeness (QED) is 0.601. The van der Waals surface area contributed by atoms with Crippen molar-refractivity contribution < 1.29 is 10.2 Å². The van der Waals surface area contributed by atoms with Gasteiger partial charge in [0.15, 0.2) is 0 Å². The minimum absolute atomic E-state index is 0.189. The zero-order valence-electron chi connectivity index (χ0n) is 15.2. The first kappa shape index (κ1) is 17.1. The lowest BCUT2D eigenvalue weighted by molar-refractivity contribution is 0.391. The number of aromatic hydroxyl groups is 1. The lowest BCUT2D eigenvalue weighted by atomic mass is 9.96. The first-order valence-corrected chi connectivity index (χ1v) is 9.08. The molecule has 0 atom stereocenters. The van der Waals surface area contributed by atoms with Gasteiger partial charge < -0.3 is 10.2 Å². The summed E-state index contributed by atoms with van der Waals surface area (Å²) in [5.74, 6) is 0.545. The Morgan fingerprint density at radius 1 is 0.852 bits per heavy atom. The molecule has 3 heteroatoms. The van der Waals surface area contributed by atoms with Crippen LogP contribution in [0.15, 0.2) is 78.6 Å². The zero-order chi connectivity index (χ0) is 18.8. The Bertz CT molecular complexity index is 1050. The molecule has 3 nitrogen and oxygen atoms in total. The molecule has 2 N–H and O–H groups in total. The van der Waals surface area contributed by atoms with Gasteiger partial charge in [0.25, 0.3) is 0 Å². The average Bonchev–Trinajstić information content (AvgIpc) is 2.69. The zero-order valence-corrected chi connectivity index (χ0v) is 15.2. The van der Waals surface area contributed by atoms with E-state index < -0.39 is 0 Å². The summed E-state index contributed by atoms with van der Waals surface area (Å²) in [4.78, 5) is 4.75. The van der Waals surface area contributed by atoms with Crippen LogP contribution in [0.2, 0.25) is 0 Å². The summed E-state index contributed by atoms with van der Waals surface area (Å²) < 4.78 is 0. The third-order valence-electron chi connectivity index (χ3n) is 4.81. The van der Waals surface area contributed by atoms with E-state index in [2.05, 4.69) is 37.3 Å². The summed E-state index contributed by atoms with van der Waals surface area (Å²) in [7, 11) is 0. The second kappa shape index (κ2) is 7.12. The molecule has 0 fully saturated rings. The van der Waals surface area contributed by atoms with Crippen LogP contribution in [0.5, 0.6) is 5.75 Å². The summed E-state index contributed by atoms with van der Waals surface area (Å²) >= 11 is 0. The van der Waals surface area contributed by atoms with Crippen molar-refractivity contribution in [1.82, 2.24) is 4.98 Å². The molecule has 0 radical (unpaired) electrons. The SMILES string of the molecule is Cc1ccc(-c2cc(C3=C(O)CCC=C3)nc(-c3ccccc3O)c2)cc1. The highest BCUT2D eigenvalue weighted by Gasteiger charge is 2.15. The van der Waals surface area contributed by atoms with E-state index in [1.165, 1.54) is 5.56 Å². The van der Waals surface area contributed by atoms with Crippen LogP contribution >= 0.6 is 0 Å². The molecule has 0 saturated heterocycles. The van der Waals surface area contributed by atoms with Crippen molar-refractivity contribution in [2.45, 2.75) is 19.8 Å². The van der Waals surface area contributed by atoms with Gasteiger partial charge in [-0.3, -0.25) is 0 Å². The van der Waals surface area contributed by atoms with Crippen molar-refractivity contribution in [2.75, 3.05) is 0 Å². The number of hydrogen-bond donors (Lipinski definition) is 2. The van der Waals surface area contributed by atoms with E-state index in [-0.39, 0.29) is 5.75 Å². The molecule has 0 aliphatic heterocycles. The van der Waals surface area contributed by atoms with Gasteiger partial charge in [0, 0.05) is 17.6 Å². The van der Waals surface area contributed by atoms with E-state index in [9.17, 15) is 10.2 Å². The summed E-state index contributed by atoms with van der Waals surface area (Å²) in [5, 5.41) is 20.7. The monoisotopic (exact) mass is 355 g/mol. The number of rotatable bonds is 3. The molecule has 3 aromatic rings. The minimum Gasteiger partial charge on any atom is -0.512 e. The molecule has 0 unspecified atom stereocenters. The highest BCUT2D eigenvalue weighted by molar-refractivity contribution is 5.81. The van der Waals surface area contributed by atoms with Gasteiger partial charge in [0.05, 0.1) is 11.4 Å². The summed E-state index contributed by atoms with van der Waals surface area (Å²) in [6.45, 7) is 2.06. The van der Waals surface area contributed by atoms with Crippen LogP contribution in [0, 0.1) is 6.92 Å². The molecule has 4 rings (SSSR count). The topological polar surface area (TPSA) is 53.4 Å².